The number of carboxylic acid groups (broad SMARTS) is 2. The molecule has 594 valence electrons. The summed E-state index contributed by atoms with van der Waals surface area (Å²) in [6.45, 7) is 6.18. The summed E-state index contributed by atoms with van der Waals surface area (Å²) >= 11 is 4.24. The number of hydrogen-bond acceptors (Lipinski definition) is 20. The van der Waals surface area contributed by atoms with Crippen molar-refractivity contribution in [2.45, 2.75) is 190 Å². The smallest absolute Gasteiger partial charge is 0.326 e. The highest BCUT2D eigenvalue weighted by molar-refractivity contribution is 7.80. The number of aliphatic carboxylic acids is 2. The standard InChI is InChI=1S/C72H104N20O16S/c1-40(2)25-51(63(98)80-36-60(94)84-55(30-45-34-77-39-82-45)71(106)92-24-14-21-58(92)70(105)89-54(31-61(95)96)68(103)85-50(20-11-13-23-74)66(101)90-56(72(107)108)27-42-15-6-5-7-16-42)86-67(102)53(28-43-32-78-48-18-9-8-17-46(43)48)88-65(100)49(19-10-12-22-73)83-59(93)35-79-64(99)52(26-41(3)4)87-69(104)57(37-109)91-62(97)47(75)29-44-33-76-38-81-44/h5-9,15-18,32-34,38-41,47,49-58,78,109H,10-14,19-31,35-37,73-75H2,1-4H3,(H,76,81)(H,77,82)(H,79,99)(H,80,98)(H,83,93)(H,84,94)(H,85,103)(H,86,102)(H,87,104)(H,88,100)(H,89,105)(H,90,101)(H,91,97)(H,95,96)(H,107,108)/t47-,49+,50-,51-,52+,53+,54-,55-,56+,57-,58+/m0/s1. The maximum absolute atomic E-state index is 14.8. The van der Waals surface area contributed by atoms with Gasteiger partial charge in [-0.25, -0.2) is 14.8 Å². The van der Waals surface area contributed by atoms with E-state index in [2.05, 4.69) is 96.0 Å². The Labute approximate surface area is 635 Å². The number of benzene rings is 2. The second kappa shape index (κ2) is 44.5. The minimum Gasteiger partial charge on any atom is -0.481 e. The van der Waals surface area contributed by atoms with Crippen molar-refractivity contribution in [3.63, 3.8) is 0 Å². The summed E-state index contributed by atoms with van der Waals surface area (Å²) in [4.78, 5) is 211. The molecule has 0 aliphatic carbocycles. The number of likely N-dealkylation sites (tertiary alicyclic amines) is 1. The van der Waals surface area contributed by atoms with E-state index in [1.165, 1.54) is 25.0 Å². The van der Waals surface area contributed by atoms with Crippen LogP contribution in [-0.2, 0) is 92.8 Å². The second-order valence-electron chi connectivity index (χ2n) is 27.7. The van der Waals surface area contributed by atoms with Crippen LogP contribution in [0.1, 0.15) is 121 Å². The van der Waals surface area contributed by atoms with E-state index < -0.39 is 169 Å². The number of fused-ring (bicyclic) bond motifs is 1. The Morgan fingerprint density at radius 3 is 1.57 bits per heavy atom. The average Bonchev–Trinajstić information content (AvgIpc) is 1.71. The van der Waals surface area contributed by atoms with E-state index in [4.69, 9.17) is 17.2 Å². The number of nitrogens with one attached hydrogen (secondary N) is 14. The average molecular weight is 1540 g/mol. The normalized spacial score (nSPS) is 15.4. The number of rotatable bonds is 47. The molecule has 0 saturated carbocycles. The SMILES string of the molecule is CC(C)C[C@H](NC(=O)[C@@H](Cc1c[nH]c2ccccc12)NC(=O)[C@@H](CCCCN)NC(=O)CNC(=O)[C@@H](CC(C)C)NC(=O)[C@H](CS)NC(=O)[C@@H](N)Cc1cnc[nH]1)C(=O)NCC(=O)N[C@@H](Cc1cnc[nH]1)C(=O)N1CCC[C@@H]1C(=O)N[C@@H](CC(=O)O)C(=O)N[C@@H](CCCCN)C(=O)N[C@H](Cc1ccccc1)C(=O)O. The van der Waals surface area contributed by atoms with Gasteiger partial charge in [-0.15, -0.1) is 0 Å². The van der Waals surface area contributed by atoms with Crippen LogP contribution in [0.3, 0.4) is 0 Å². The molecule has 37 heteroatoms. The Hall–Kier alpha value is -10.8. The van der Waals surface area contributed by atoms with Crippen molar-refractivity contribution >= 4 is 106 Å². The van der Waals surface area contributed by atoms with Gasteiger partial charge in [0.2, 0.25) is 70.9 Å². The molecule has 1 aliphatic rings. The van der Waals surface area contributed by atoms with Crippen molar-refractivity contribution in [1.29, 1.82) is 0 Å². The number of hydrogen-bond donors (Lipinski definition) is 20. The number of aromatic amines is 3. The van der Waals surface area contributed by atoms with Gasteiger partial charge in [-0.05, 0) is 106 Å². The van der Waals surface area contributed by atoms with Crippen LogP contribution in [0.25, 0.3) is 10.9 Å². The third-order valence-corrected chi connectivity index (χ3v) is 18.3. The molecule has 6 rings (SSSR count). The summed E-state index contributed by atoms with van der Waals surface area (Å²) in [5, 5.41) is 49.1. The molecule has 5 aromatic rings. The number of imidazole rings is 2. The van der Waals surface area contributed by atoms with Crippen LogP contribution < -0.4 is 75.7 Å². The first-order valence-electron chi connectivity index (χ1n) is 36.4. The van der Waals surface area contributed by atoms with Crippen LogP contribution >= 0.6 is 12.6 Å². The number of amides is 12. The predicted octanol–water partition coefficient (Wildman–Crippen LogP) is -2.36. The third kappa shape index (κ3) is 28.7. The van der Waals surface area contributed by atoms with Crippen molar-refractivity contribution in [1.82, 2.24) is 88.3 Å². The van der Waals surface area contributed by atoms with E-state index in [0.717, 1.165) is 4.90 Å². The fraction of sp³-hybridized carbons (Fsp3) is 0.528. The molecule has 2 aromatic carbocycles. The monoisotopic (exact) mass is 1540 g/mol. The lowest BCUT2D eigenvalue weighted by Crippen LogP contribution is -2.59. The molecule has 3 aromatic heterocycles. The fourth-order valence-corrected chi connectivity index (χ4v) is 12.6. The molecule has 109 heavy (non-hydrogen) atoms. The van der Waals surface area contributed by atoms with Gasteiger partial charge >= 0.3 is 11.9 Å². The summed E-state index contributed by atoms with van der Waals surface area (Å²) in [5.41, 5.74) is 20.5. The van der Waals surface area contributed by atoms with E-state index in [1.807, 2.05) is 19.9 Å². The highest BCUT2D eigenvalue weighted by Gasteiger charge is 2.41. The van der Waals surface area contributed by atoms with E-state index in [1.54, 1.807) is 68.6 Å². The van der Waals surface area contributed by atoms with E-state index >= 15 is 0 Å². The maximum atomic E-state index is 14.8. The van der Waals surface area contributed by atoms with Crippen LogP contribution in [0.15, 0.2) is 85.8 Å². The Morgan fingerprint density at radius 1 is 0.532 bits per heavy atom. The maximum Gasteiger partial charge on any atom is 0.326 e. The van der Waals surface area contributed by atoms with Gasteiger partial charge in [0.1, 0.15) is 60.4 Å². The molecule has 12 amide bonds. The molecular formula is C72H104N20O16S. The molecule has 1 saturated heterocycles. The lowest BCUT2D eigenvalue weighted by atomic mass is 10.00. The van der Waals surface area contributed by atoms with Gasteiger partial charge in [0.25, 0.3) is 0 Å². The summed E-state index contributed by atoms with van der Waals surface area (Å²) < 4.78 is 0. The molecule has 0 radical (unpaired) electrons. The fourth-order valence-electron chi connectivity index (χ4n) is 12.3. The zero-order valence-corrected chi connectivity index (χ0v) is 62.5. The van der Waals surface area contributed by atoms with Gasteiger partial charge in [0, 0.05) is 78.9 Å². The van der Waals surface area contributed by atoms with Crippen molar-refractivity contribution in [2.75, 3.05) is 38.5 Å². The number of carbonyl (C=O) groups is 14. The lowest BCUT2D eigenvalue weighted by molar-refractivity contribution is -0.144. The van der Waals surface area contributed by atoms with E-state index in [-0.39, 0.29) is 101 Å². The number of H-pyrrole nitrogens is 3. The molecule has 0 bridgehead atoms. The molecular weight excluding hydrogens is 1430 g/mol. The summed E-state index contributed by atoms with van der Waals surface area (Å²) in [5.74, 6) is -13.5. The Kier molecular flexibility index (Phi) is 35.6. The molecule has 1 fully saturated rings. The zero-order valence-electron chi connectivity index (χ0n) is 61.6. The molecule has 0 unspecified atom stereocenters. The summed E-state index contributed by atoms with van der Waals surface area (Å²) in [7, 11) is 0. The van der Waals surface area contributed by atoms with Crippen LogP contribution in [-0.4, -0.2) is 228 Å². The van der Waals surface area contributed by atoms with Crippen molar-refractivity contribution in [2.24, 2.45) is 29.0 Å². The largest absolute Gasteiger partial charge is 0.481 e. The number of unbranched alkanes of at least 4 members (excludes halogenated alkanes) is 2. The minimum atomic E-state index is -1.81. The van der Waals surface area contributed by atoms with E-state index in [0.29, 0.717) is 59.1 Å². The highest BCUT2D eigenvalue weighted by atomic mass is 32.1. The van der Waals surface area contributed by atoms with Gasteiger partial charge < -0.3 is 106 Å². The minimum absolute atomic E-state index is 0.00785. The molecule has 22 N–H and O–H groups in total. The summed E-state index contributed by atoms with van der Waals surface area (Å²) in [6, 6.07) is 0.772. The molecule has 4 heterocycles. The zero-order chi connectivity index (χ0) is 79.7. The van der Waals surface area contributed by atoms with Gasteiger partial charge in [-0.2, -0.15) is 12.6 Å². The summed E-state index contributed by atoms with van der Waals surface area (Å²) in [6.07, 6.45) is 7.84. The second-order valence-corrected chi connectivity index (χ2v) is 28.0. The Morgan fingerprint density at radius 2 is 1.03 bits per heavy atom. The van der Waals surface area contributed by atoms with Crippen molar-refractivity contribution in [3.05, 3.63) is 108 Å². The van der Waals surface area contributed by atoms with Crippen LogP contribution in [0, 0.1) is 11.8 Å². The number of carbonyl (C=O) groups excluding carboxylic acids is 12. The van der Waals surface area contributed by atoms with Crippen molar-refractivity contribution < 1.29 is 77.3 Å². The van der Waals surface area contributed by atoms with Gasteiger partial charge in [-0.1, -0.05) is 76.2 Å². The quantitative estimate of drug-likeness (QED) is 0.0143. The highest BCUT2D eigenvalue weighted by Crippen LogP contribution is 2.23. The molecule has 11 atom stereocenters. The van der Waals surface area contributed by atoms with Gasteiger partial charge in [0.15, 0.2) is 0 Å². The first-order chi connectivity index (χ1) is 52.1. The van der Waals surface area contributed by atoms with Crippen molar-refractivity contribution in [3.8, 4) is 0 Å². The lowest BCUT2D eigenvalue weighted by Gasteiger charge is -2.30. The van der Waals surface area contributed by atoms with Crippen LogP contribution in [0.4, 0.5) is 0 Å². The Balaban J connectivity index is 1.13. The third-order valence-electron chi connectivity index (χ3n) is 17.9. The number of thiol groups is 1. The topological polar surface area (TPSA) is 566 Å². The van der Waals surface area contributed by atoms with Gasteiger partial charge in [0.05, 0.1) is 38.2 Å². The molecule has 36 nitrogen and oxygen atoms in total. The van der Waals surface area contributed by atoms with E-state index in [9.17, 15) is 77.3 Å². The number of aromatic nitrogens is 5. The first kappa shape index (κ1) is 87.1. The number of nitrogens with two attached hydrogens (primary N) is 3. The number of nitrogens with zero attached hydrogens (tertiary/aromatic N) is 3. The van der Waals surface area contributed by atoms with Crippen LogP contribution in [0.2, 0.25) is 0 Å². The molecule has 1 aliphatic heterocycles. The Bertz CT molecular complexity index is 3860. The van der Waals surface area contributed by atoms with Crippen LogP contribution in [0.5, 0.6) is 0 Å². The molecule has 0 spiro atoms. The number of para-hydroxylation sites is 1. The van der Waals surface area contributed by atoms with Gasteiger partial charge in [-0.3, -0.25) is 62.3 Å². The first-order valence-corrected chi connectivity index (χ1v) is 37.0. The predicted molar refractivity (Wildman–Crippen MR) is 401 cm³/mol. The number of carboxylic acids is 2.